The third kappa shape index (κ3) is 4.90. The van der Waals surface area contributed by atoms with E-state index in [1.165, 1.54) is 0 Å². The highest BCUT2D eigenvalue weighted by Gasteiger charge is 2.21. The Bertz CT molecular complexity index is 744. The molecule has 0 saturated heterocycles. The molecule has 5 nitrogen and oxygen atoms in total. The Morgan fingerprint density at radius 1 is 1.16 bits per heavy atom. The molecular formula is C20H25N3O2. The summed E-state index contributed by atoms with van der Waals surface area (Å²) in [5.41, 5.74) is 8.36. The van der Waals surface area contributed by atoms with E-state index < -0.39 is 5.91 Å². The van der Waals surface area contributed by atoms with Gasteiger partial charge in [0.2, 0.25) is 11.8 Å². The summed E-state index contributed by atoms with van der Waals surface area (Å²) in [5, 5.41) is 2.93. The number of hydrogen-bond donors (Lipinski definition) is 2. The zero-order valence-electron chi connectivity index (χ0n) is 15.0. The van der Waals surface area contributed by atoms with Gasteiger partial charge in [-0.1, -0.05) is 37.3 Å². The van der Waals surface area contributed by atoms with Crippen LogP contribution >= 0.6 is 0 Å². The van der Waals surface area contributed by atoms with Crippen LogP contribution in [0.2, 0.25) is 0 Å². The molecule has 3 N–H and O–H groups in total. The zero-order valence-corrected chi connectivity index (χ0v) is 15.0. The number of likely N-dealkylation sites (N-methyl/N-ethyl adjacent to an activating group) is 1. The SMILES string of the molecule is CCC(C(=O)Nc1ccc(C(N)=O)c(C)c1)N(C)Cc1ccccc1. The first-order valence-corrected chi connectivity index (χ1v) is 8.37. The highest BCUT2D eigenvalue weighted by Crippen LogP contribution is 2.17. The number of primary amides is 1. The highest BCUT2D eigenvalue weighted by molar-refractivity contribution is 5.97. The Morgan fingerprint density at radius 2 is 1.84 bits per heavy atom. The van der Waals surface area contributed by atoms with Crippen molar-refractivity contribution in [2.75, 3.05) is 12.4 Å². The van der Waals surface area contributed by atoms with Crippen LogP contribution in [0.3, 0.4) is 0 Å². The number of carbonyl (C=O) groups excluding carboxylic acids is 2. The van der Waals surface area contributed by atoms with Crippen LogP contribution in [-0.2, 0) is 11.3 Å². The van der Waals surface area contributed by atoms with Crippen LogP contribution in [0.15, 0.2) is 48.5 Å². The molecule has 132 valence electrons. The van der Waals surface area contributed by atoms with Gasteiger partial charge in [-0.05, 0) is 49.7 Å². The van der Waals surface area contributed by atoms with Crippen LogP contribution in [0.5, 0.6) is 0 Å². The number of nitrogens with one attached hydrogen (secondary N) is 1. The van der Waals surface area contributed by atoms with Crippen molar-refractivity contribution in [1.82, 2.24) is 4.90 Å². The second-order valence-corrected chi connectivity index (χ2v) is 6.21. The largest absolute Gasteiger partial charge is 0.366 e. The molecule has 1 atom stereocenters. The first-order chi connectivity index (χ1) is 11.9. The van der Waals surface area contributed by atoms with E-state index in [9.17, 15) is 9.59 Å². The molecule has 0 fully saturated rings. The van der Waals surface area contributed by atoms with E-state index in [1.807, 2.05) is 49.2 Å². The van der Waals surface area contributed by atoms with Crippen LogP contribution < -0.4 is 11.1 Å². The van der Waals surface area contributed by atoms with Crippen molar-refractivity contribution in [1.29, 1.82) is 0 Å². The lowest BCUT2D eigenvalue weighted by atomic mass is 10.1. The Kier molecular flexibility index (Phi) is 6.31. The van der Waals surface area contributed by atoms with Gasteiger partial charge in [-0.3, -0.25) is 14.5 Å². The number of benzene rings is 2. The van der Waals surface area contributed by atoms with Crippen molar-refractivity contribution in [3.05, 3.63) is 65.2 Å². The first-order valence-electron chi connectivity index (χ1n) is 8.37. The second-order valence-electron chi connectivity index (χ2n) is 6.21. The van der Waals surface area contributed by atoms with Crippen molar-refractivity contribution >= 4 is 17.5 Å². The van der Waals surface area contributed by atoms with E-state index in [1.54, 1.807) is 25.1 Å². The minimum absolute atomic E-state index is 0.0628. The second kappa shape index (κ2) is 8.44. The lowest BCUT2D eigenvalue weighted by Gasteiger charge is -2.26. The number of anilines is 1. The molecule has 0 aliphatic rings. The van der Waals surface area contributed by atoms with Gasteiger partial charge < -0.3 is 11.1 Å². The van der Waals surface area contributed by atoms with Gasteiger partial charge in [-0.2, -0.15) is 0 Å². The fraction of sp³-hybridized carbons (Fsp3) is 0.300. The van der Waals surface area contributed by atoms with Gasteiger partial charge in [0, 0.05) is 17.8 Å². The molecule has 0 saturated carbocycles. The molecule has 0 spiro atoms. The van der Waals surface area contributed by atoms with Crippen molar-refractivity contribution < 1.29 is 9.59 Å². The molecule has 0 bridgehead atoms. The van der Waals surface area contributed by atoms with Gasteiger partial charge in [-0.25, -0.2) is 0 Å². The Labute approximate surface area is 148 Å². The van der Waals surface area contributed by atoms with E-state index >= 15 is 0 Å². The maximum absolute atomic E-state index is 12.7. The van der Waals surface area contributed by atoms with Gasteiger partial charge in [-0.15, -0.1) is 0 Å². The molecule has 0 aromatic heterocycles. The zero-order chi connectivity index (χ0) is 18.4. The fourth-order valence-corrected chi connectivity index (χ4v) is 2.92. The number of nitrogens with two attached hydrogens (primary N) is 1. The monoisotopic (exact) mass is 339 g/mol. The summed E-state index contributed by atoms with van der Waals surface area (Å²) in [6.07, 6.45) is 0.702. The van der Waals surface area contributed by atoms with Crippen LogP contribution in [0.25, 0.3) is 0 Å². The molecule has 2 rings (SSSR count). The first kappa shape index (κ1) is 18.7. The van der Waals surface area contributed by atoms with Crippen molar-refractivity contribution in [3.8, 4) is 0 Å². The summed E-state index contributed by atoms with van der Waals surface area (Å²) in [6, 6.07) is 14.9. The smallest absolute Gasteiger partial charge is 0.248 e. The molecule has 2 aromatic rings. The highest BCUT2D eigenvalue weighted by atomic mass is 16.2. The summed E-state index contributed by atoms with van der Waals surface area (Å²) < 4.78 is 0. The summed E-state index contributed by atoms with van der Waals surface area (Å²) in [6.45, 7) is 4.49. The summed E-state index contributed by atoms with van der Waals surface area (Å²) in [4.78, 5) is 26.0. The Morgan fingerprint density at radius 3 is 2.40 bits per heavy atom. The summed E-state index contributed by atoms with van der Waals surface area (Å²) in [7, 11) is 1.95. The molecule has 0 aliphatic heterocycles. The lowest BCUT2D eigenvalue weighted by Crippen LogP contribution is -2.41. The molecule has 0 aliphatic carbocycles. The Hall–Kier alpha value is -2.66. The molecule has 0 heterocycles. The average Bonchev–Trinajstić information content (AvgIpc) is 2.56. The molecule has 5 heteroatoms. The van der Waals surface area contributed by atoms with Gasteiger partial charge in [0.15, 0.2) is 0 Å². The maximum Gasteiger partial charge on any atom is 0.248 e. The summed E-state index contributed by atoms with van der Waals surface area (Å²) in [5.74, 6) is -0.531. The predicted molar refractivity (Wildman–Crippen MR) is 100 cm³/mol. The quantitative estimate of drug-likeness (QED) is 0.814. The third-order valence-corrected chi connectivity index (χ3v) is 4.26. The van der Waals surface area contributed by atoms with Crippen molar-refractivity contribution in [2.45, 2.75) is 32.9 Å². The minimum Gasteiger partial charge on any atom is -0.366 e. The summed E-state index contributed by atoms with van der Waals surface area (Å²) >= 11 is 0. The molecule has 25 heavy (non-hydrogen) atoms. The van der Waals surface area contributed by atoms with Crippen LogP contribution in [0.4, 0.5) is 5.69 Å². The minimum atomic E-state index is -0.468. The van der Waals surface area contributed by atoms with Gasteiger partial charge in [0.25, 0.3) is 0 Å². The van der Waals surface area contributed by atoms with Crippen molar-refractivity contribution in [2.24, 2.45) is 5.73 Å². The Balaban J connectivity index is 2.06. The molecule has 1 unspecified atom stereocenters. The van der Waals surface area contributed by atoms with E-state index in [-0.39, 0.29) is 11.9 Å². The number of aryl methyl sites for hydroxylation is 1. The fourth-order valence-electron chi connectivity index (χ4n) is 2.92. The number of hydrogen-bond acceptors (Lipinski definition) is 3. The predicted octanol–water partition coefficient (Wildman–Crippen LogP) is 2.94. The van der Waals surface area contributed by atoms with E-state index in [4.69, 9.17) is 5.73 Å². The average molecular weight is 339 g/mol. The maximum atomic E-state index is 12.7. The number of amides is 2. The third-order valence-electron chi connectivity index (χ3n) is 4.26. The van der Waals surface area contributed by atoms with Crippen molar-refractivity contribution in [3.63, 3.8) is 0 Å². The van der Waals surface area contributed by atoms with E-state index in [0.717, 1.165) is 11.1 Å². The lowest BCUT2D eigenvalue weighted by molar-refractivity contribution is -0.121. The number of nitrogens with zero attached hydrogens (tertiary/aromatic N) is 1. The standard InChI is InChI=1S/C20H25N3O2/c1-4-18(23(3)13-15-8-6-5-7-9-15)20(25)22-16-10-11-17(19(21)24)14(2)12-16/h5-12,18H,4,13H2,1-3H3,(H2,21,24)(H,22,25). The van der Waals surface area contributed by atoms with Gasteiger partial charge in [0.1, 0.15) is 0 Å². The van der Waals surface area contributed by atoms with Crippen LogP contribution in [-0.4, -0.2) is 29.8 Å². The topological polar surface area (TPSA) is 75.4 Å². The molecule has 2 amide bonds. The molecule has 2 aromatic carbocycles. The number of rotatable bonds is 7. The van der Waals surface area contributed by atoms with Crippen LogP contribution in [0.1, 0.15) is 34.8 Å². The van der Waals surface area contributed by atoms with Crippen LogP contribution in [0, 0.1) is 6.92 Å². The number of carbonyl (C=O) groups is 2. The van der Waals surface area contributed by atoms with E-state index in [0.29, 0.717) is 24.2 Å². The normalized spacial score (nSPS) is 12.0. The van der Waals surface area contributed by atoms with Gasteiger partial charge in [0.05, 0.1) is 6.04 Å². The molecule has 0 radical (unpaired) electrons. The van der Waals surface area contributed by atoms with Gasteiger partial charge >= 0.3 is 0 Å². The molecular weight excluding hydrogens is 314 g/mol. The van der Waals surface area contributed by atoms with E-state index in [2.05, 4.69) is 5.32 Å².